The zero-order valence-corrected chi connectivity index (χ0v) is 8.40. The Kier molecular flexibility index (Phi) is 4.96. The van der Waals surface area contributed by atoms with Gasteiger partial charge in [0, 0.05) is 0 Å². The Hall–Kier alpha value is -1.27. The summed E-state index contributed by atoms with van der Waals surface area (Å²) >= 11 is 0. The summed E-state index contributed by atoms with van der Waals surface area (Å²) < 4.78 is 26.9. The fourth-order valence-electron chi connectivity index (χ4n) is 0.464. The van der Waals surface area contributed by atoms with Crippen LogP contribution < -0.4 is 0 Å². The van der Waals surface area contributed by atoms with Gasteiger partial charge in [-0.1, -0.05) is 12.1 Å². The van der Waals surface area contributed by atoms with E-state index in [4.69, 9.17) is 14.8 Å². The minimum absolute atomic E-state index is 0.0764. The van der Waals surface area contributed by atoms with Crippen molar-refractivity contribution in [3.05, 3.63) is 24.3 Å². The molecule has 0 spiro atoms. The Balaban J connectivity index is 0.000000255. The molecule has 0 atom stereocenters. The van der Waals surface area contributed by atoms with Crippen molar-refractivity contribution in [2.75, 3.05) is 5.75 Å². The van der Waals surface area contributed by atoms with Crippen molar-refractivity contribution in [2.24, 2.45) is 0 Å². The summed E-state index contributed by atoms with van der Waals surface area (Å²) in [6, 6.07) is 6.15. The fraction of sp³-hybridized carbons (Fsp3) is 0.250. The van der Waals surface area contributed by atoms with Crippen molar-refractivity contribution in [2.45, 2.75) is 6.92 Å². The summed E-state index contributed by atoms with van der Waals surface area (Å²) in [5.41, 5.74) is 0. The molecule has 0 amide bonds. The lowest BCUT2D eigenvalue weighted by Crippen LogP contribution is -1.97. The van der Waals surface area contributed by atoms with Crippen LogP contribution in [-0.2, 0) is 10.1 Å². The highest BCUT2D eigenvalue weighted by molar-refractivity contribution is 7.85. The molecule has 6 heteroatoms. The molecule has 5 nitrogen and oxygen atoms in total. The Morgan fingerprint density at radius 3 is 1.57 bits per heavy atom. The van der Waals surface area contributed by atoms with E-state index in [1.165, 1.54) is 19.1 Å². The molecule has 0 aromatic heterocycles. The second kappa shape index (κ2) is 5.46. The molecule has 0 aliphatic rings. The standard InChI is InChI=1S/C6H6O2.C2H6O3S/c7-5-3-1-2-4-6(5)8;1-2-6(3,4)5/h1-4,7-8H;2H2,1H3,(H,3,4,5). The van der Waals surface area contributed by atoms with E-state index in [9.17, 15) is 8.42 Å². The molecule has 80 valence electrons. The van der Waals surface area contributed by atoms with E-state index in [1.54, 1.807) is 12.1 Å². The normalized spacial score (nSPS) is 10.1. The maximum atomic E-state index is 9.56. The molecule has 0 saturated carbocycles. The van der Waals surface area contributed by atoms with Gasteiger partial charge in [0.1, 0.15) is 0 Å². The first-order chi connectivity index (χ1) is 6.37. The van der Waals surface area contributed by atoms with Gasteiger partial charge in [-0.15, -0.1) is 0 Å². The van der Waals surface area contributed by atoms with Crippen LogP contribution in [0.4, 0.5) is 0 Å². The molecular weight excluding hydrogens is 208 g/mol. The van der Waals surface area contributed by atoms with Crippen LogP contribution >= 0.6 is 0 Å². The number of hydrogen-bond donors (Lipinski definition) is 3. The highest BCUT2D eigenvalue weighted by atomic mass is 32.2. The van der Waals surface area contributed by atoms with Crippen LogP contribution in [0.5, 0.6) is 11.5 Å². The topological polar surface area (TPSA) is 94.8 Å². The van der Waals surface area contributed by atoms with Crippen molar-refractivity contribution < 1.29 is 23.2 Å². The molecule has 1 rings (SSSR count). The highest BCUT2D eigenvalue weighted by Gasteiger charge is 1.93. The molecule has 14 heavy (non-hydrogen) atoms. The third kappa shape index (κ3) is 6.27. The van der Waals surface area contributed by atoms with E-state index in [-0.39, 0.29) is 17.3 Å². The second-order valence-corrected chi connectivity index (χ2v) is 4.10. The molecule has 1 aromatic rings. The van der Waals surface area contributed by atoms with Gasteiger partial charge in [-0.25, -0.2) is 0 Å². The smallest absolute Gasteiger partial charge is 0.264 e. The number of benzene rings is 1. The number of phenols is 2. The average Bonchev–Trinajstić information content (AvgIpc) is 2.10. The van der Waals surface area contributed by atoms with Crippen LogP contribution in [0, 0.1) is 0 Å². The summed E-state index contributed by atoms with van der Waals surface area (Å²) in [5, 5.41) is 17.3. The van der Waals surface area contributed by atoms with Gasteiger partial charge in [-0.05, 0) is 19.1 Å². The lowest BCUT2D eigenvalue weighted by atomic mass is 10.3. The van der Waals surface area contributed by atoms with Crippen LogP contribution in [0.1, 0.15) is 6.92 Å². The number of rotatable bonds is 1. The molecule has 0 aliphatic heterocycles. The molecule has 0 fully saturated rings. The third-order valence-corrected chi connectivity index (χ3v) is 1.98. The van der Waals surface area contributed by atoms with Gasteiger partial charge in [-0.3, -0.25) is 4.55 Å². The predicted octanol–water partition coefficient (Wildman–Crippen LogP) is 0.992. The molecular formula is C8H12O5S. The average molecular weight is 220 g/mol. The molecule has 0 bridgehead atoms. The lowest BCUT2D eigenvalue weighted by molar-refractivity contribution is 0.404. The zero-order chi connectivity index (χ0) is 11.2. The highest BCUT2D eigenvalue weighted by Crippen LogP contribution is 2.21. The molecule has 0 heterocycles. The van der Waals surface area contributed by atoms with Crippen molar-refractivity contribution >= 4 is 10.1 Å². The minimum Gasteiger partial charge on any atom is -0.504 e. The predicted molar refractivity (Wildman–Crippen MR) is 51.9 cm³/mol. The Morgan fingerprint density at radius 1 is 1.14 bits per heavy atom. The molecule has 0 aliphatic carbocycles. The monoisotopic (exact) mass is 220 g/mol. The summed E-state index contributed by atoms with van der Waals surface area (Å²) in [4.78, 5) is 0. The second-order valence-electron chi connectivity index (χ2n) is 2.36. The summed E-state index contributed by atoms with van der Waals surface area (Å²) in [6.07, 6.45) is 0. The Bertz CT molecular complexity index is 350. The van der Waals surface area contributed by atoms with Gasteiger partial charge in [0.15, 0.2) is 11.5 Å². The SMILES string of the molecule is CCS(=O)(=O)O.Oc1ccccc1O. The van der Waals surface area contributed by atoms with Gasteiger partial charge in [0.25, 0.3) is 10.1 Å². The largest absolute Gasteiger partial charge is 0.504 e. The minimum atomic E-state index is -3.66. The van der Waals surface area contributed by atoms with E-state index in [0.29, 0.717) is 0 Å². The van der Waals surface area contributed by atoms with Gasteiger partial charge < -0.3 is 10.2 Å². The molecule has 0 saturated heterocycles. The first-order valence-electron chi connectivity index (χ1n) is 3.79. The van der Waals surface area contributed by atoms with E-state index >= 15 is 0 Å². The summed E-state index contributed by atoms with van der Waals surface area (Å²) in [5.74, 6) is -0.354. The van der Waals surface area contributed by atoms with Crippen molar-refractivity contribution in [3.8, 4) is 11.5 Å². The van der Waals surface area contributed by atoms with Crippen LogP contribution in [0.2, 0.25) is 0 Å². The van der Waals surface area contributed by atoms with Crippen molar-refractivity contribution in [1.29, 1.82) is 0 Å². The van der Waals surface area contributed by atoms with Crippen LogP contribution in [-0.4, -0.2) is 28.9 Å². The first kappa shape index (κ1) is 12.7. The van der Waals surface area contributed by atoms with Crippen LogP contribution in [0.25, 0.3) is 0 Å². The van der Waals surface area contributed by atoms with Gasteiger partial charge in [-0.2, -0.15) is 8.42 Å². The van der Waals surface area contributed by atoms with Gasteiger partial charge in [0.2, 0.25) is 0 Å². The van der Waals surface area contributed by atoms with Crippen LogP contribution in [0.3, 0.4) is 0 Å². The number of phenolic OH excluding ortho intramolecular Hbond substituents is 2. The third-order valence-electron chi connectivity index (χ3n) is 1.25. The number of para-hydroxylation sites is 2. The molecule has 1 aromatic carbocycles. The fourth-order valence-corrected chi connectivity index (χ4v) is 0.464. The molecule has 0 unspecified atom stereocenters. The van der Waals surface area contributed by atoms with E-state index in [1.807, 2.05) is 0 Å². The van der Waals surface area contributed by atoms with Crippen molar-refractivity contribution in [3.63, 3.8) is 0 Å². The maximum absolute atomic E-state index is 9.56. The Morgan fingerprint density at radius 2 is 1.43 bits per heavy atom. The number of hydrogen-bond acceptors (Lipinski definition) is 4. The van der Waals surface area contributed by atoms with E-state index in [2.05, 4.69) is 0 Å². The van der Waals surface area contributed by atoms with E-state index < -0.39 is 10.1 Å². The maximum Gasteiger partial charge on any atom is 0.264 e. The van der Waals surface area contributed by atoms with E-state index in [0.717, 1.165) is 0 Å². The van der Waals surface area contributed by atoms with Crippen LogP contribution in [0.15, 0.2) is 24.3 Å². The number of aromatic hydroxyl groups is 2. The first-order valence-corrected chi connectivity index (χ1v) is 5.40. The van der Waals surface area contributed by atoms with Crippen molar-refractivity contribution in [1.82, 2.24) is 0 Å². The molecule has 3 N–H and O–H groups in total. The molecule has 0 radical (unpaired) electrons. The Labute approximate surface area is 82.4 Å². The van der Waals surface area contributed by atoms with Gasteiger partial charge >= 0.3 is 0 Å². The van der Waals surface area contributed by atoms with Gasteiger partial charge in [0.05, 0.1) is 5.75 Å². The summed E-state index contributed by atoms with van der Waals surface area (Å²) in [6.45, 7) is 1.37. The quantitative estimate of drug-likeness (QED) is 0.484. The zero-order valence-electron chi connectivity index (χ0n) is 7.58. The summed E-state index contributed by atoms with van der Waals surface area (Å²) in [7, 11) is -3.66. The lowest BCUT2D eigenvalue weighted by Gasteiger charge is -1.91.